The van der Waals surface area contributed by atoms with Crippen molar-refractivity contribution in [1.29, 1.82) is 0 Å². The predicted octanol–water partition coefficient (Wildman–Crippen LogP) is -9.29. The van der Waals surface area contributed by atoms with Crippen LogP contribution < -0.4 is 75.3 Å². The topological polar surface area (TPSA) is 608 Å². The Labute approximate surface area is 541 Å². The van der Waals surface area contributed by atoms with Crippen LogP contribution in [-0.2, 0) is 86.3 Å². The summed E-state index contributed by atoms with van der Waals surface area (Å²) in [6.45, 7) is 3.85. The van der Waals surface area contributed by atoms with E-state index in [1.165, 1.54) is 39.6 Å². The number of hydrogen-bond donors (Lipinski definition) is 21. The zero-order valence-corrected chi connectivity index (χ0v) is 53.8. The molecule has 0 bridgehead atoms. The molecular formula is C51H83N15O23S3. The number of nitrogens with one attached hydrogen (secondary N) is 12. The Morgan fingerprint density at radius 1 is 0.467 bits per heavy atom. The molecule has 41 heteroatoms. The van der Waals surface area contributed by atoms with Crippen LogP contribution in [0.2, 0.25) is 0 Å². The number of carboxylic acids is 4. The van der Waals surface area contributed by atoms with Gasteiger partial charge in [0.1, 0.15) is 67.0 Å². The number of aliphatic carboxylic acids is 4. The Balaban J connectivity index is 6.98. The van der Waals surface area contributed by atoms with E-state index in [9.17, 15) is 107 Å². The Morgan fingerprint density at radius 2 is 0.880 bits per heavy atom. The van der Waals surface area contributed by atoms with E-state index >= 15 is 0 Å². The molecule has 0 aliphatic carbocycles. The van der Waals surface area contributed by atoms with Crippen molar-refractivity contribution in [2.75, 3.05) is 50.7 Å². The highest BCUT2D eigenvalue weighted by molar-refractivity contribution is 7.98. The SMILES string of the molecule is CNC(=O)CN[C@@H](CS)C(=O)N[C@@H](C)C(=O)N[C@@H](CCSC)C(=O)N[C@H](C(=O)N[C@@H](CC(N)=O)C(=O)N[C@@H](CC(N)=O)C(=O)N[C@@H](CC(=O)O)C(=O)N[C@@H](CCC(=O)O)C(=O)N[C@H](C(=O)N(CC(=O)NC)[C@@H](CS)C(=O)N[C@@H](CCC(=O)O)C(=O)O)[C@@H](C)O)C(C)C. The van der Waals surface area contributed by atoms with Crippen LogP contribution in [0.25, 0.3) is 0 Å². The van der Waals surface area contributed by atoms with Crippen molar-refractivity contribution in [3.63, 3.8) is 0 Å². The summed E-state index contributed by atoms with van der Waals surface area (Å²) in [4.78, 5) is 234. The third-order valence-electron chi connectivity index (χ3n) is 12.9. The maximum absolute atomic E-state index is 14.2. The number of amides is 14. The zero-order chi connectivity index (χ0) is 70.9. The van der Waals surface area contributed by atoms with Gasteiger partial charge in [0.05, 0.1) is 38.0 Å². The van der Waals surface area contributed by atoms with E-state index in [4.69, 9.17) is 16.6 Å². The first-order valence-corrected chi connectivity index (χ1v) is 30.6. The number of carbonyl (C=O) groups is 18. The highest BCUT2D eigenvalue weighted by Crippen LogP contribution is 2.13. The van der Waals surface area contributed by atoms with Crippen LogP contribution in [0.15, 0.2) is 0 Å². The van der Waals surface area contributed by atoms with Crippen LogP contribution in [0.3, 0.4) is 0 Å². The van der Waals surface area contributed by atoms with Crippen molar-refractivity contribution in [3.05, 3.63) is 0 Å². The number of hydrogen-bond acceptors (Lipinski definition) is 23. The zero-order valence-electron chi connectivity index (χ0n) is 51.2. The van der Waals surface area contributed by atoms with Gasteiger partial charge in [0.2, 0.25) is 82.7 Å². The minimum atomic E-state index is -2.32. The second kappa shape index (κ2) is 42.5. The smallest absolute Gasteiger partial charge is 0.326 e. The van der Waals surface area contributed by atoms with E-state index in [0.29, 0.717) is 4.90 Å². The molecule has 0 fully saturated rings. The molecule has 0 rings (SSSR count). The molecule has 0 spiro atoms. The normalized spacial score (nSPS) is 14.8. The summed E-state index contributed by atoms with van der Waals surface area (Å²) in [6.07, 6.45) is -7.10. The summed E-state index contributed by atoms with van der Waals surface area (Å²) in [7, 11) is 2.49. The van der Waals surface area contributed by atoms with E-state index in [1.54, 1.807) is 6.26 Å². The quantitative estimate of drug-likeness (QED) is 0.0252. The van der Waals surface area contributed by atoms with Gasteiger partial charge in [-0.3, -0.25) is 86.8 Å². The van der Waals surface area contributed by atoms with Crippen LogP contribution in [-0.4, -0.2) is 260 Å². The number of aliphatic hydroxyl groups excluding tert-OH is 1. The molecule has 0 aromatic rings. The standard InChI is InChI=1S/C51H83N15O23S3/c1-21(2)39(64-43(80)25(12-13-92-7)58-41(78)22(3)57-47(84)30(19-90)56-17-34(70)54-5)49(86)63-28(15-33(53)69)45(82)61-27(14-32(52)68)44(81)62-29(16-38(76)77)46(83)59-24(8-10-36(72)73)42(79)65-40(23(4)67)50(87)66(18-35(71)55-6)31(20-91)48(85)60-26(51(88)89)9-11-37(74)75/h21-31,39-40,56,67,90-91H,8-20H2,1-7H3,(H2,52,68)(H2,53,69)(H,54,70)(H,55,71)(H,57,84)(H,58,78)(H,59,83)(H,60,85)(H,61,82)(H,62,81)(H,63,86)(H,64,80)(H,65,79)(H,72,73)(H,74,75)(H,76,77)(H,88,89)/t22-,23+,24-,25-,26-,27-,28-,29-,30-,31-,39-,40-/m0/s1. The summed E-state index contributed by atoms with van der Waals surface area (Å²) in [6, 6.07) is -19.8. The van der Waals surface area contributed by atoms with Gasteiger partial charge in [0, 0.05) is 38.4 Å². The third-order valence-corrected chi connectivity index (χ3v) is 14.3. The summed E-state index contributed by atoms with van der Waals surface area (Å²) in [5.74, 6) is -24.4. The number of primary amides is 2. The molecule has 0 aromatic heterocycles. The second-order valence-corrected chi connectivity index (χ2v) is 22.3. The maximum Gasteiger partial charge on any atom is 0.326 e. The lowest BCUT2D eigenvalue weighted by molar-refractivity contribution is -0.149. The van der Waals surface area contributed by atoms with Gasteiger partial charge in [0.25, 0.3) is 0 Å². The van der Waals surface area contributed by atoms with Crippen molar-refractivity contribution in [2.24, 2.45) is 17.4 Å². The molecule has 92 heavy (non-hydrogen) atoms. The largest absolute Gasteiger partial charge is 0.481 e. The molecule has 0 unspecified atom stereocenters. The van der Waals surface area contributed by atoms with Gasteiger partial charge in [-0.25, -0.2) is 4.79 Å². The minimum Gasteiger partial charge on any atom is -0.481 e. The molecule has 12 atom stereocenters. The molecule has 0 saturated heterocycles. The van der Waals surface area contributed by atoms with Gasteiger partial charge in [-0.1, -0.05) is 13.8 Å². The fourth-order valence-electron chi connectivity index (χ4n) is 7.85. The van der Waals surface area contributed by atoms with Gasteiger partial charge in [0.15, 0.2) is 0 Å². The molecule has 0 aliphatic rings. The second-order valence-electron chi connectivity index (χ2n) is 20.6. The van der Waals surface area contributed by atoms with Crippen molar-refractivity contribution in [3.8, 4) is 0 Å². The number of likely N-dealkylation sites (N-methyl/N-ethyl adjacent to an activating group) is 2. The number of rotatable bonds is 45. The lowest BCUT2D eigenvalue weighted by Gasteiger charge is -2.34. The van der Waals surface area contributed by atoms with Gasteiger partial charge in [-0.15, -0.1) is 0 Å². The number of thiol groups is 2. The number of aliphatic hydroxyl groups is 1. The lowest BCUT2D eigenvalue weighted by Crippen LogP contribution is -2.63. The van der Waals surface area contributed by atoms with Crippen LogP contribution >= 0.6 is 37.0 Å². The summed E-state index contributed by atoms with van der Waals surface area (Å²) in [5, 5.41) is 75.8. The molecule has 518 valence electrons. The van der Waals surface area contributed by atoms with E-state index in [1.807, 2.05) is 26.6 Å². The van der Waals surface area contributed by atoms with Crippen molar-refractivity contribution in [1.82, 2.24) is 68.7 Å². The van der Waals surface area contributed by atoms with Crippen molar-refractivity contribution < 1.29 is 112 Å². The molecular weight excluding hydrogens is 1290 g/mol. The molecule has 0 aromatic carbocycles. The lowest BCUT2D eigenvalue weighted by atomic mass is 10.0. The Kier molecular flexibility index (Phi) is 38.5. The van der Waals surface area contributed by atoms with E-state index in [-0.39, 0.29) is 24.5 Å². The number of nitrogens with zero attached hydrogens (tertiary/aromatic N) is 1. The Bertz CT molecular complexity index is 2690. The highest BCUT2D eigenvalue weighted by atomic mass is 32.2. The third kappa shape index (κ3) is 31.0. The summed E-state index contributed by atoms with van der Waals surface area (Å²) in [5.41, 5.74) is 10.8. The molecule has 0 heterocycles. The van der Waals surface area contributed by atoms with Gasteiger partial charge in [-0.05, 0) is 51.0 Å². The predicted molar refractivity (Wildman–Crippen MR) is 327 cm³/mol. The highest BCUT2D eigenvalue weighted by Gasteiger charge is 2.41. The molecule has 0 saturated carbocycles. The number of nitrogens with two attached hydrogens (primary N) is 2. The van der Waals surface area contributed by atoms with Gasteiger partial charge < -0.3 is 100 Å². The first-order chi connectivity index (χ1) is 42.9. The first kappa shape index (κ1) is 83.4. The van der Waals surface area contributed by atoms with Crippen LogP contribution in [0.5, 0.6) is 0 Å². The van der Waals surface area contributed by atoms with Gasteiger partial charge in [-0.2, -0.15) is 37.0 Å². The summed E-state index contributed by atoms with van der Waals surface area (Å²) >= 11 is 9.44. The van der Waals surface area contributed by atoms with Crippen LogP contribution in [0, 0.1) is 5.92 Å². The molecule has 21 N–H and O–H groups in total. The maximum atomic E-state index is 14.2. The Hall–Kier alpha value is -8.57. The fraction of sp³-hybridized carbons (Fsp3) is 0.647. The van der Waals surface area contributed by atoms with Crippen LogP contribution in [0.1, 0.15) is 79.1 Å². The minimum absolute atomic E-state index is 0.0249. The van der Waals surface area contributed by atoms with Gasteiger partial charge >= 0.3 is 23.9 Å². The number of carboxylic acid groups (broad SMARTS) is 4. The van der Waals surface area contributed by atoms with Crippen LogP contribution in [0.4, 0.5) is 0 Å². The van der Waals surface area contributed by atoms with E-state index in [2.05, 4.69) is 62.5 Å². The molecule has 0 radical (unpaired) electrons. The fourth-order valence-corrected chi connectivity index (χ4v) is 8.98. The first-order valence-electron chi connectivity index (χ1n) is 27.9. The van der Waals surface area contributed by atoms with Crippen molar-refractivity contribution in [2.45, 2.75) is 152 Å². The average Bonchev–Trinajstić information content (AvgIpc) is 0.852. The monoisotopic (exact) mass is 1370 g/mol. The molecule has 38 nitrogen and oxygen atoms in total. The summed E-state index contributed by atoms with van der Waals surface area (Å²) < 4.78 is 0. The molecule has 14 amide bonds. The number of thioether (sulfide) groups is 1. The average molecular weight is 1370 g/mol. The number of carbonyl (C=O) groups excluding carboxylic acids is 14. The molecule has 0 aliphatic heterocycles. The van der Waals surface area contributed by atoms with Crippen molar-refractivity contribution >= 4 is 144 Å². The van der Waals surface area contributed by atoms with E-state index < -0.39 is 242 Å². The Morgan fingerprint density at radius 3 is 1.29 bits per heavy atom. The van der Waals surface area contributed by atoms with E-state index in [0.717, 1.165) is 14.0 Å².